The van der Waals surface area contributed by atoms with E-state index in [0.29, 0.717) is 0 Å². The van der Waals surface area contributed by atoms with Crippen LogP contribution < -0.4 is 0 Å². The lowest BCUT2D eigenvalue weighted by Gasteiger charge is -2.27. The summed E-state index contributed by atoms with van der Waals surface area (Å²) in [4.78, 5) is 4.70. The van der Waals surface area contributed by atoms with Crippen molar-refractivity contribution in [1.82, 2.24) is 10.1 Å². The number of hydrogen-bond donors (Lipinski definition) is 0. The molecule has 1 aromatic rings. The third-order valence-corrected chi connectivity index (χ3v) is 4.95. The van der Waals surface area contributed by atoms with E-state index in [1.54, 1.807) is 0 Å². The molecule has 0 bridgehead atoms. The summed E-state index contributed by atoms with van der Waals surface area (Å²) in [5.74, 6) is 2.45. The predicted octanol–water partition coefficient (Wildman–Crippen LogP) is 5.79. The largest absolute Gasteiger partial charge is 0.339 e. The van der Waals surface area contributed by atoms with Crippen LogP contribution in [0.3, 0.4) is 0 Å². The molecule has 1 heterocycles. The summed E-state index contributed by atoms with van der Waals surface area (Å²) < 4.78 is 5.51. The monoisotopic (exact) mass is 306 g/mol. The fraction of sp³-hybridized carbons (Fsp3) is 0.895. The molecular weight excluding hydrogens is 272 g/mol. The van der Waals surface area contributed by atoms with Crippen molar-refractivity contribution in [2.75, 3.05) is 0 Å². The van der Waals surface area contributed by atoms with Gasteiger partial charge in [-0.1, -0.05) is 91.1 Å². The Morgan fingerprint density at radius 1 is 0.909 bits per heavy atom. The minimum Gasteiger partial charge on any atom is -0.339 e. The van der Waals surface area contributed by atoms with Gasteiger partial charge in [0.2, 0.25) is 5.89 Å². The van der Waals surface area contributed by atoms with Crippen molar-refractivity contribution < 1.29 is 4.52 Å². The summed E-state index contributed by atoms with van der Waals surface area (Å²) in [6.45, 7) is 10.9. The van der Waals surface area contributed by atoms with Crippen LogP contribution in [0, 0.1) is 5.92 Å². The Labute approximate surface area is 136 Å². The van der Waals surface area contributed by atoms with Crippen LogP contribution in [0.4, 0.5) is 0 Å². The molecule has 0 atom stereocenters. The maximum absolute atomic E-state index is 5.51. The van der Waals surface area contributed by atoms with Crippen LogP contribution in [0.2, 0.25) is 0 Å². The standard InChI is InChI=1S/C19H34N2O/c1-18(2,3)17-20-16(21-22-17)19(4,5)14-15-12-10-8-6-7-9-11-13-15/h15H,6-14H2,1-5H3. The quantitative estimate of drug-likeness (QED) is 0.710. The highest BCUT2D eigenvalue weighted by molar-refractivity contribution is 5.07. The number of hydrogen-bond acceptors (Lipinski definition) is 3. The fourth-order valence-electron chi connectivity index (χ4n) is 3.54. The van der Waals surface area contributed by atoms with Crippen molar-refractivity contribution in [2.45, 2.75) is 103 Å². The molecule has 22 heavy (non-hydrogen) atoms. The molecule has 0 saturated heterocycles. The molecule has 0 N–H and O–H groups in total. The zero-order valence-corrected chi connectivity index (χ0v) is 15.2. The maximum Gasteiger partial charge on any atom is 0.232 e. The molecule has 1 aliphatic rings. The molecule has 126 valence electrons. The molecule has 0 aromatic carbocycles. The highest BCUT2D eigenvalue weighted by atomic mass is 16.5. The Morgan fingerprint density at radius 2 is 1.45 bits per heavy atom. The van der Waals surface area contributed by atoms with Gasteiger partial charge < -0.3 is 4.52 Å². The van der Waals surface area contributed by atoms with Crippen molar-refractivity contribution in [1.29, 1.82) is 0 Å². The molecule has 1 aromatic heterocycles. The first-order valence-electron chi connectivity index (χ1n) is 9.14. The normalized spacial score (nSPS) is 19.5. The third kappa shape index (κ3) is 4.82. The summed E-state index contributed by atoms with van der Waals surface area (Å²) in [6.07, 6.45) is 12.4. The number of nitrogens with zero attached hydrogens (tertiary/aromatic N) is 2. The van der Waals surface area contributed by atoms with Gasteiger partial charge in [-0.3, -0.25) is 0 Å². The van der Waals surface area contributed by atoms with E-state index in [9.17, 15) is 0 Å². The zero-order valence-electron chi connectivity index (χ0n) is 15.2. The molecule has 1 saturated carbocycles. The first-order valence-corrected chi connectivity index (χ1v) is 9.14. The van der Waals surface area contributed by atoms with E-state index < -0.39 is 0 Å². The minimum absolute atomic E-state index is 0.00568. The van der Waals surface area contributed by atoms with Gasteiger partial charge in [-0.2, -0.15) is 4.98 Å². The van der Waals surface area contributed by atoms with Crippen molar-refractivity contribution >= 4 is 0 Å². The Kier molecular flexibility index (Phi) is 5.68. The van der Waals surface area contributed by atoms with Gasteiger partial charge in [0.05, 0.1) is 0 Å². The van der Waals surface area contributed by atoms with Crippen LogP contribution in [0.25, 0.3) is 0 Å². The van der Waals surface area contributed by atoms with E-state index >= 15 is 0 Å². The highest BCUT2D eigenvalue weighted by Crippen LogP contribution is 2.35. The first kappa shape index (κ1) is 17.5. The van der Waals surface area contributed by atoms with E-state index in [1.165, 1.54) is 57.8 Å². The molecular formula is C19H34N2O. The van der Waals surface area contributed by atoms with Gasteiger partial charge in [-0.15, -0.1) is 0 Å². The molecule has 2 rings (SSSR count). The Morgan fingerprint density at radius 3 is 1.95 bits per heavy atom. The lowest BCUT2D eigenvalue weighted by Crippen LogP contribution is -2.24. The summed E-state index contributed by atoms with van der Waals surface area (Å²) in [5, 5.41) is 4.29. The van der Waals surface area contributed by atoms with Crippen LogP contribution >= 0.6 is 0 Å². The molecule has 0 aliphatic heterocycles. The van der Waals surface area contributed by atoms with Crippen LogP contribution in [0.1, 0.15) is 104 Å². The van der Waals surface area contributed by atoms with Gasteiger partial charge >= 0.3 is 0 Å². The smallest absolute Gasteiger partial charge is 0.232 e. The average molecular weight is 306 g/mol. The lowest BCUT2D eigenvalue weighted by molar-refractivity contribution is 0.287. The molecule has 0 unspecified atom stereocenters. The summed E-state index contributed by atoms with van der Waals surface area (Å²) >= 11 is 0. The second-order valence-electron chi connectivity index (χ2n) is 8.83. The molecule has 0 radical (unpaired) electrons. The lowest BCUT2D eigenvalue weighted by atomic mass is 9.78. The van der Waals surface area contributed by atoms with Crippen LogP contribution in [-0.2, 0) is 10.8 Å². The molecule has 3 nitrogen and oxygen atoms in total. The van der Waals surface area contributed by atoms with Crippen molar-refractivity contribution in [3.8, 4) is 0 Å². The minimum atomic E-state index is -0.0700. The Bertz CT molecular complexity index is 446. The summed E-state index contributed by atoms with van der Waals surface area (Å²) in [7, 11) is 0. The van der Waals surface area contributed by atoms with Crippen LogP contribution in [-0.4, -0.2) is 10.1 Å². The van der Waals surface area contributed by atoms with Crippen LogP contribution in [0.15, 0.2) is 4.52 Å². The molecule has 3 heteroatoms. The van der Waals surface area contributed by atoms with Gasteiger partial charge in [0, 0.05) is 10.8 Å². The average Bonchev–Trinajstić information content (AvgIpc) is 2.92. The van der Waals surface area contributed by atoms with Gasteiger partial charge in [-0.25, -0.2) is 0 Å². The number of rotatable bonds is 3. The Hall–Kier alpha value is -0.860. The second kappa shape index (κ2) is 7.14. The zero-order chi connectivity index (χ0) is 16.2. The van der Waals surface area contributed by atoms with E-state index in [0.717, 1.165) is 17.6 Å². The SMILES string of the molecule is CC(C)(C)c1nc(C(C)(C)CC2CCCCCCCC2)no1. The highest BCUT2D eigenvalue weighted by Gasteiger charge is 2.32. The molecule has 1 fully saturated rings. The molecule has 0 spiro atoms. The van der Waals surface area contributed by atoms with E-state index in [-0.39, 0.29) is 10.8 Å². The van der Waals surface area contributed by atoms with Crippen molar-refractivity contribution in [2.24, 2.45) is 5.92 Å². The topological polar surface area (TPSA) is 38.9 Å². The maximum atomic E-state index is 5.51. The third-order valence-electron chi connectivity index (χ3n) is 4.95. The first-order chi connectivity index (χ1) is 10.3. The van der Waals surface area contributed by atoms with E-state index in [2.05, 4.69) is 39.8 Å². The van der Waals surface area contributed by atoms with Gasteiger partial charge in [-0.05, 0) is 12.3 Å². The van der Waals surface area contributed by atoms with Crippen molar-refractivity contribution in [3.63, 3.8) is 0 Å². The molecule has 1 aliphatic carbocycles. The van der Waals surface area contributed by atoms with Crippen molar-refractivity contribution in [3.05, 3.63) is 11.7 Å². The van der Waals surface area contributed by atoms with Gasteiger partial charge in [0.25, 0.3) is 0 Å². The predicted molar refractivity (Wildman–Crippen MR) is 91.1 cm³/mol. The fourth-order valence-corrected chi connectivity index (χ4v) is 3.54. The number of aromatic nitrogens is 2. The van der Waals surface area contributed by atoms with Gasteiger partial charge in [0.1, 0.15) is 0 Å². The van der Waals surface area contributed by atoms with Gasteiger partial charge in [0.15, 0.2) is 5.82 Å². The van der Waals surface area contributed by atoms with Crippen LogP contribution in [0.5, 0.6) is 0 Å². The van der Waals surface area contributed by atoms with E-state index in [4.69, 9.17) is 9.51 Å². The summed E-state index contributed by atoms with van der Waals surface area (Å²) in [5.41, 5.74) is -0.0643. The second-order valence-corrected chi connectivity index (χ2v) is 8.83. The Balaban J connectivity index is 2.03. The summed E-state index contributed by atoms with van der Waals surface area (Å²) in [6, 6.07) is 0. The van der Waals surface area contributed by atoms with E-state index in [1.807, 2.05) is 0 Å². The molecule has 0 amide bonds.